The molecule has 1 amide bonds. The maximum atomic E-state index is 12.5. The molecule has 0 fully saturated rings. The van der Waals surface area contributed by atoms with E-state index in [9.17, 15) is 4.79 Å². The number of hydrogen-bond acceptors (Lipinski definition) is 3. The maximum absolute atomic E-state index is 12.5. The van der Waals surface area contributed by atoms with E-state index in [0.717, 1.165) is 25.7 Å². The van der Waals surface area contributed by atoms with Gasteiger partial charge in [-0.1, -0.05) is 168 Å². The average molecular weight is 540 g/mol. The van der Waals surface area contributed by atoms with Gasteiger partial charge in [0.1, 0.15) is 0 Å². The lowest BCUT2D eigenvalue weighted by atomic mass is 10.0. The number of amides is 1. The van der Waals surface area contributed by atoms with Crippen LogP contribution in [-0.2, 0) is 9.53 Å². The molecule has 4 nitrogen and oxygen atoms in total. The largest absolute Gasteiger partial charge is 0.394 e. The highest BCUT2D eigenvalue weighted by atomic mass is 16.5. The van der Waals surface area contributed by atoms with E-state index in [2.05, 4.69) is 19.2 Å². The molecule has 2 N–H and O–H groups in total. The number of nitrogens with one attached hydrogen (secondary N) is 1. The Labute approximate surface area is 238 Å². The Morgan fingerprint density at radius 1 is 0.579 bits per heavy atom. The normalized spacial score (nSPS) is 12.2. The van der Waals surface area contributed by atoms with E-state index < -0.39 is 0 Å². The molecular formula is C34H69NO3. The fourth-order valence-electron chi connectivity index (χ4n) is 5.32. The van der Waals surface area contributed by atoms with E-state index >= 15 is 0 Å². The third-order valence-corrected chi connectivity index (χ3v) is 7.83. The van der Waals surface area contributed by atoms with Gasteiger partial charge in [0, 0.05) is 6.42 Å². The van der Waals surface area contributed by atoms with Gasteiger partial charge in [-0.25, -0.2) is 0 Å². The SMILES string of the molecule is CCCCCCCCCCCCCCCCC(COCCO)NC(=O)CCCCCCCCCCCCC. The molecule has 4 heteroatoms. The van der Waals surface area contributed by atoms with Crippen molar-refractivity contribution in [3.05, 3.63) is 0 Å². The second kappa shape index (κ2) is 32.6. The van der Waals surface area contributed by atoms with Crippen molar-refractivity contribution in [3.63, 3.8) is 0 Å². The van der Waals surface area contributed by atoms with E-state index in [-0.39, 0.29) is 18.6 Å². The van der Waals surface area contributed by atoms with Crippen LogP contribution in [0.5, 0.6) is 0 Å². The molecule has 228 valence electrons. The fourth-order valence-corrected chi connectivity index (χ4v) is 5.32. The van der Waals surface area contributed by atoms with Crippen molar-refractivity contribution < 1.29 is 14.6 Å². The summed E-state index contributed by atoms with van der Waals surface area (Å²) in [6.45, 7) is 5.46. The topological polar surface area (TPSA) is 58.6 Å². The summed E-state index contributed by atoms with van der Waals surface area (Å²) in [6, 6.07) is 0.0825. The maximum Gasteiger partial charge on any atom is 0.220 e. The molecule has 0 heterocycles. The van der Waals surface area contributed by atoms with Crippen LogP contribution in [0.4, 0.5) is 0 Å². The average Bonchev–Trinajstić information content (AvgIpc) is 2.91. The summed E-state index contributed by atoms with van der Waals surface area (Å²) in [5.41, 5.74) is 0. The van der Waals surface area contributed by atoms with Crippen molar-refractivity contribution in [1.29, 1.82) is 0 Å². The second-order valence-electron chi connectivity index (χ2n) is 11.7. The Morgan fingerprint density at radius 3 is 1.34 bits per heavy atom. The first-order chi connectivity index (χ1) is 18.7. The zero-order valence-electron chi connectivity index (χ0n) is 26.1. The lowest BCUT2D eigenvalue weighted by Gasteiger charge is -2.19. The highest BCUT2D eigenvalue weighted by molar-refractivity contribution is 5.76. The predicted octanol–water partition coefficient (Wildman–Crippen LogP) is 10.1. The van der Waals surface area contributed by atoms with Gasteiger partial charge >= 0.3 is 0 Å². The first-order valence-corrected chi connectivity index (χ1v) is 17.2. The van der Waals surface area contributed by atoms with Crippen molar-refractivity contribution in [2.24, 2.45) is 0 Å². The van der Waals surface area contributed by atoms with Gasteiger partial charge in [-0.3, -0.25) is 4.79 Å². The number of aliphatic hydroxyl groups excluding tert-OH is 1. The number of carbonyl (C=O) groups excluding carboxylic acids is 1. The second-order valence-corrected chi connectivity index (χ2v) is 11.7. The molecule has 0 rings (SSSR count). The Hall–Kier alpha value is -0.610. The molecule has 1 atom stereocenters. The van der Waals surface area contributed by atoms with E-state index in [1.165, 1.54) is 141 Å². The van der Waals surface area contributed by atoms with Crippen molar-refractivity contribution >= 4 is 5.91 Å². The van der Waals surface area contributed by atoms with E-state index in [4.69, 9.17) is 9.84 Å². The molecule has 38 heavy (non-hydrogen) atoms. The standard InChI is InChI=1S/C34H69NO3/c1-3-5-7-9-11-13-15-16-17-19-20-22-24-26-28-33(32-38-31-30-36)35-34(37)29-27-25-23-21-18-14-12-10-8-6-4-2/h33,36H,3-32H2,1-2H3,(H,35,37). The summed E-state index contributed by atoms with van der Waals surface area (Å²) in [7, 11) is 0. The monoisotopic (exact) mass is 540 g/mol. The van der Waals surface area contributed by atoms with Crippen LogP contribution in [0.25, 0.3) is 0 Å². The van der Waals surface area contributed by atoms with Gasteiger partial charge in [0.2, 0.25) is 5.91 Å². The number of carbonyl (C=O) groups is 1. The molecule has 0 saturated carbocycles. The number of rotatable bonds is 32. The van der Waals surface area contributed by atoms with Crippen molar-refractivity contribution in [2.75, 3.05) is 19.8 Å². The zero-order chi connectivity index (χ0) is 27.8. The Balaban J connectivity index is 3.71. The molecule has 0 radical (unpaired) electrons. The van der Waals surface area contributed by atoms with Gasteiger partial charge in [-0.15, -0.1) is 0 Å². The van der Waals surface area contributed by atoms with Crippen LogP contribution < -0.4 is 5.32 Å². The first kappa shape index (κ1) is 37.4. The quantitative estimate of drug-likeness (QED) is 0.0836. The molecule has 0 spiro atoms. The van der Waals surface area contributed by atoms with E-state index in [1.807, 2.05) is 0 Å². The molecule has 0 bridgehead atoms. The van der Waals surface area contributed by atoms with Gasteiger partial charge in [-0.2, -0.15) is 0 Å². The summed E-state index contributed by atoms with van der Waals surface area (Å²) in [4.78, 5) is 12.5. The lowest BCUT2D eigenvalue weighted by Crippen LogP contribution is -2.38. The zero-order valence-corrected chi connectivity index (χ0v) is 26.1. The highest BCUT2D eigenvalue weighted by Gasteiger charge is 2.12. The summed E-state index contributed by atoms with van der Waals surface area (Å²) in [5.74, 6) is 0.170. The summed E-state index contributed by atoms with van der Waals surface area (Å²) >= 11 is 0. The highest BCUT2D eigenvalue weighted by Crippen LogP contribution is 2.15. The van der Waals surface area contributed by atoms with Gasteiger partial charge < -0.3 is 15.2 Å². The van der Waals surface area contributed by atoms with Gasteiger partial charge in [0.25, 0.3) is 0 Å². The van der Waals surface area contributed by atoms with Crippen LogP contribution >= 0.6 is 0 Å². The molecule has 0 aliphatic carbocycles. The Bertz CT molecular complexity index is 457. The molecule has 0 aliphatic heterocycles. The molecule has 0 saturated heterocycles. The number of unbranched alkanes of at least 4 members (excludes halogenated alkanes) is 23. The third-order valence-electron chi connectivity index (χ3n) is 7.83. The Morgan fingerprint density at radius 2 is 0.947 bits per heavy atom. The number of aliphatic hydroxyl groups is 1. The summed E-state index contributed by atoms with van der Waals surface area (Å²) < 4.78 is 5.56. The van der Waals surface area contributed by atoms with Gasteiger partial charge in [0.05, 0.1) is 25.9 Å². The van der Waals surface area contributed by atoms with Crippen molar-refractivity contribution in [1.82, 2.24) is 5.32 Å². The van der Waals surface area contributed by atoms with Crippen molar-refractivity contribution in [2.45, 2.75) is 193 Å². The summed E-state index contributed by atoms with van der Waals surface area (Å²) in [5, 5.41) is 12.2. The minimum absolute atomic E-state index is 0.0399. The van der Waals surface area contributed by atoms with Crippen LogP contribution in [0.15, 0.2) is 0 Å². The van der Waals surface area contributed by atoms with Gasteiger partial charge in [-0.05, 0) is 12.8 Å². The fraction of sp³-hybridized carbons (Fsp3) is 0.971. The minimum atomic E-state index is 0.0399. The van der Waals surface area contributed by atoms with Gasteiger partial charge in [0.15, 0.2) is 0 Å². The molecule has 0 aromatic heterocycles. The minimum Gasteiger partial charge on any atom is -0.394 e. The molecule has 0 aromatic carbocycles. The Kier molecular flexibility index (Phi) is 32.1. The molecule has 1 unspecified atom stereocenters. The van der Waals surface area contributed by atoms with Crippen LogP contribution in [-0.4, -0.2) is 36.9 Å². The van der Waals surface area contributed by atoms with Crippen LogP contribution in [0.1, 0.15) is 187 Å². The molecular weight excluding hydrogens is 470 g/mol. The summed E-state index contributed by atoms with van der Waals surface area (Å²) in [6.07, 6.45) is 35.0. The van der Waals surface area contributed by atoms with Crippen LogP contribution in [0.3, 0.4) is 0 Å². The first-order valence-electron chi connectivity index (χ1n) is 17.2. The van der Waals surface area contributed by atoms with Crippen LogP contribution in [0.2, 0.25) is 0 Å². The van der Waals surface area contributed by atoms with Crippen LogP contribution in [0, 0.1) is 0 Å². The number of hydrogen-bond donors (Lipinski definition) is 2. The number of ether oxygens (including phenoxy) is 1. The third kappa shape index (κ3) is 29.9. The van der Waals surface area contributed by atoms with Crippen molar-refractivity contribution in [3.8, 4) is 0 Å². The van der Waals surface area contributed by atoms with E-state index in [0.29, 0.717) is 19.6 Å². The molecule has 0 aliphatic rings. The predicted molar refractivity (Wildman–Crippen MR) is 166 cm³/mol. The van der Waals surface area contributed by atoms with E-state index in [1.54, 1.807) is 0 Å². The smallest absolute Gasteiger partial charge is 0.220 e. The molecule has 0 aromatic rings. The lowest BCUT2D eigenvalue weighted by molar-refractivity contribution is -0.122.